The number of aromatic nitrogens is 1. The molecule has 0 radical (unpaired) electrons. The van der Waals surface area contributed by atoms with Crippen LogP contribution in [-0.2, 0) is 86.4 Å². The number of carboxylic acid groups (broad SMARTS) is 1. The van der Waals surface area contributed by atoms with Gasteiger partial charge in [-0.1, -0.05) is 76.9 Å². The molecule has 1 saturated carbocycles. The van der Waals surface area contributed by atoms with Crippen molar-refractivity contribution in [3.8, 4) is 11.5 Å². The monoisotopic (exact) mass is 1520 g/mol. The van der Waals surface area contributed by atoms with Crippen LogP contribution in [-0.4, -0.2) is 214 Å². The zero-order chi connectivity index (χ0) is 77.7. The Kier molecular flexibility index (Phi) is 32.7. The number of phenolic OH excluding ortho intramolecular Hbond substituents is 1. The fourth-order valence-corrected chi connectivity index (χ4v) is 15.0. The summed E-state index contributed by atoms with van der Waals surface area (Å²) in [5.74, 6) is -14.2. The van der Waals surface area contributed by atoms with E-state index in [4.69, 9.17) is 33.1 Å². The summed E-state index contributed by atoms with van der Waals surface area (Å²) in [6.07, 6.45) is 0.913. The Morgan fingerprint density at radius 3 is 1.95 bits per heavy atom. The molecule has 3 aliphatic rings. The van der Waals surface area contributed by atoms with Crippen molar-refractivity contribution in [1.29, 1.82) is 5.41 Å². The standard InChI is InChI=1S/C70H96N18O17S2/c1-105-43-20-16-39(17-21-43)33-50-64(99)80-46(12-6-29-77-70(74)75)61(96)76-30-27-56(91)79-47(22-24-55(72)90)62(97)82-51(34-41-35-78-45-11-5-4-10-44(41)45)66(101)81-48(23-25-58(93)94)63(98)85-52(60(73)95)36-106-107-37-53(67(102)87-59(69(104)84-50)40-8-2-3-9-40)86-65(100)49(32-38-14-18-42(89)19-15-38)83-68(103)54-13-7-31-88(54)57(92)26-28-71/h4-5,10-11,14-21,35,40,46-54,59,78,89H,2-3,6-9,12-13,22-34,36-37,71H2,1H3,(H2,72,90)(H2,73,95)(H,76,96)(H,79,91)(H,80,99)(H,81,101)(H,82,97)(H,83,103)(H,84,104)(H,85,98)(H,86,100)(H,87,102)(H,93,94)(H4,74,75,77)/t46-,47-,48-,49-,50-,51-,52+,53-,54-,59-/m0/s1. The summed E-state index contributed by atoms with van der Waals surface area (Å²) >= 11 is 0. The Morgan fingerprint density at radius 2 is 1.29 bits per heavy atom. The predicted molar refractivity (Wildman–Crippen MR) is 394 cm³/mol. The van der Waals surface area contributed by atoms with Crippen LogP contribution in [0, 0.1) is 11.3 Å². The lowest BCUT2D eigenvalue weighted by molar-refractivity contribution is -0.139. The van der Waals surface area contributed by atoms with Crippen LogP contribution >= 0.6 is 21.6 Å². The van der Waals surface area contributed by atoms with Crippen LogP contribution in [0.4, 0.5) is 0 Å². The summed E-state index contributed by atoms with van der Waals surface area (Å²) in [7, 11) is 3.20. The zero-order valence-electron chi connectivity index (χ0n) is 59.2. The number of nitrogens with two attached hydrogens (primary N) is 4. The van der Waals surface area contributed by atoms with Crippen molar-refractivity contribution in [2.75, 3.05) is 44.8 Å². The van der Waals surface area contributed by atoms with Crippen molar-refractivity contribution in [3.63, 3.8) is 0 Å². The Bertz CT molecular complexity index is 3820. The number of ether oxygens (including phenoxy) is 1. The lowest BCUT2D eigenvalue weighted by atomic mass is 9.95. The second-order valence-corrected chi connectivity index (χ2v) is 28.8. The van der Waals surface area contributed by atoms with Gasteiger partial charge in [0.15, 0.2) is 5.96 Å². The highest BCUT2D eigenvalue weighted by molar-refractivity contribution is 8.76. The number of para-hydroxylation sites is 1. The van der Waals surface area contributed by atoms with Gasteiger partial charge in [-0.25, -0.2) is 0 Å². The number of hydrogen-bond acceptors (Lipinski definition) is 20. The van der Waals surface area contributed by atoms with Crippen LogP contribution in [0.5, 0.6) is 11.5 Å². The topological polar surface area (TPSA) is 568 Å². The number of carbonyl (C=O) groups is 14. The van der Waals surface area contributed by atoms with Gasteiger partial charge in [0.25, 0.3) is 0 Å². The highest BCUT2D eigenvalue weighted by atomic mass is 33.1. The van der Waals surface area contributed by atoms with E-state index in [1.165, 1.54) is 36.3 Å². The molecule has 0 unspecified atom stereocenters. The minimum atomic E-state index is -1.74. The van der Waals surface area contributed by atoms with E-state index >= 15 is 14.4 Å². The van der Waals surface area contributed by atoms with Gasteiger partial charge in [-0.05, 0) is 104 Å². The number of hydrogen-bond donors (Lipinski definition) is 19. The number of nitrogens with one attached hydrogen (secondary N) is 13. The number of carboxylic acids is 1. The average Bonchev–Trinajstić information content (AvgIpc) is 1.80. The molecule has 13 amide bonds. The van der Waals surface area contributed by atoms with Gasteiger partial charge in [0.05, 0.1) is 7.11 Å². The second-order valence-electron chi connectivity index (χ2n) is 26.3. The van der Waals surface area contributed by atoms with Crippen LogP contribution in [0.1, 0.15) is 107 Å². The molecule has 2 saturated heterocycles. The van der Waals surface area contributed by atoms with Gasteiger partial charge < -0.3 is 106 Å². The highest BCUT2D eigenvalue weighted by Crippen LogP contribution is 2.30. The number of aromatic hydroxyl groups is 1. The maximum absolute atomic E-state index is 15.3. The maximum atomic E-state index is 15.3. The molecule has 3 aromatic carbocycles. The minimum Gasteiger partial charge on any atom is -0.508 e. The van der Waals surface area contributed by atoms with Gasteiger partial charge in [-0.2, -0.15) is 0 Å². The second kappa shape index (κ2) is 41.9. The Hall–Kier alpha value is -10.7. The first kappa shape index (κ1) is 83.6. The normalized spacial score (nSPS) is 22.7. The lowest BCUT2D eigenvalue weighted by Gasteiger charge is -2.30. The number of amides is 13. The number of likely N-dealkylation sites (tertiary alicyclic amines) is 1. The van der Waals surface area contributed by atoms with E-state index in [9.17, 15) is 63.0 Å². The van der Waals surface area contributed by atoms with E-state index in [0.29, 0.717) is 65.4 Å². The molecular weight excluding hydrogens is 1430 g/mol. The summed E-state index contributed by atoms with van der Waals surface area (Å²) in [5, 5.41) is 57.7. The van der Waals surface area contributed by atoms with Gasteiger partial charge in [-0.15, -0.1) is 0 Å². The number of carbonyl (C=O) groups excluding carboxylic acids is 13. The molecule has 580 valence electrons. The van der Waals surface area contributed by atoms with Crippen molar-refractivity contribution >= 4 is 121 Å². The van der Waals surface area contributed by atoms with E-state index in [2.05, 4.69) is 63.5 Å². The van der Waals surface area contributed by atoms with Gasteiger partial charge in [0.1, 0.15) is 71.9 Å². The molecule has 37 heteroatoms. The first-order chi connectivity index (χ1) is 51.2. The van der Waals surface area contributed by atoms with Gasteiger partial charge in [0.2, 0.25) is 76.8 Å². The number of aromatic amines is 1. The summed E-state index contributed by atoms with van der Waals surface area (Å²) in [6.45, 7) is -0.109. The fraction of sp³-hybridized carbons (Fsp3) is 0.500. The predicted octanol–water partition coefficient (Wildman–Crippen LogP) is -2.42. The third kappa shape index (κ3) is 26.4. The molecule has 23 N–H and O–H groups in total. The Morgan fingerprint density at radius 1 is 0.673 bits per heavy atom. The van der Waals surface area contributed by atoms with Crippen LogP contribution < -0.4 is 86.2 Å². The van der Waals surface area contributed by atoms with Crippen molar-refractivity contribution in [1.82, 2.24) is 68.4 Å². The third-order valence-corrected chi connectivity index (χ3v) is 20.8. The lowest BCUT2D eigenvalue weighted by Crippen LogP contribution is -2.61. The summed E-state index contributed by atoms with van der Waals surface area (Å²) < 4.78 is 5.37. The summed E-state index contributed by atoms with van der Waals surface area (Å²) in [4.78, 5) is 202. The van der Waals surface area contributed by atoms with E-state index in [1.807, 2.05) is 0 Å². The molecule has 0 spiro atoms. The molecule has 3 fully saturated rings. The van der Waals surface area contributed by atoms with Gasteiger partial charge >= 0.3 is 5.97 Å². The summed E-state index contributed by atoms with van der Waals surface area (Å²) in [6, 6.07) is 4.27. The number of benzene rings is 3. The molecule has 1 aromatic heterocycles. The highest BCUT2D eigenvalue weighted by Gasteiger charge is 2.41. The number of rotatable bonds is 25. The molecule has 10 atom stereocenters. The SMILES string of the molecule is COc1ccc(C[C@@H]2NC(=O)[C@H](C3CCCC3)NC(=O)[C@@H](NC(=O)[C@H](Cc3ccc(O)cc3)NC(=O)[C@@H]3CCCN3C(=O)CCN)CSSC[C@H](C(N)=O)NC(=O)[C@H](CCC(=O)O)NC(=O)[C@H](Cc3c[nH]c4ccccc34)NC(=O)[C@H](CCC(N)=O)NC(=O)CCNC(=O)[C@H](CCCNC(=N)N)NC2=O)cc1. The van der Waals surface area contributed by atoms with Crippen LogP contribution in [0.15, 0.2) is 79.0 Å². The number of primary amides is 2. The number of H-pyrrole nitrogens is 1. The quantitative estimate of drug-likeness (QED) is 0.0142. The first-order valence-corrected chi connectivity index (χ1v) is 37.8. The van der Waals surface area contributed by atoms with Gasteiger partial charge in [-0.3, -0.25) is 72.5 Å². The number of methoxy groups -OCH3 is 1. The van der Waals surface area contributed by atoms with Crippen LogP contribution in [0.3, 0.4) is 0 Å². The van der Waals surface area contributed by atoms with Crippen LogP contribution in [0.2, 0.25) is 0 Å². The number of guanidine groups is 1. The Labute approximate surface area is 624 Å². The number of fused-ring (bicyclic) bond motifs is 1. The number of nitrogens with zero attached hydrogens (tertiary/aromatic N) is 1. The average molecular weight is 1530 g/mol. The van der Waals surface area contributed by atoms with Crippen molar-refractivity contribution in [2.24, 2.45) is 28.9 Å². The Balaban J connectivity index is 1.28. The largest absolute Gasteiger partial charge is 0.508 e. The maximum Gasteiger partial charge on any atom is 0.303 e. The molecule has 4 aromatic rings. The van der Waals surface area contributed by atoms with E-state index in [1.54, 1.807) is 54.7 Å². The van der Waals surface area contributed by atoms with Crippen molar-refractivity contribution < 1.29 is 82.1 Å². The van der Waals surface area contributed by atoms with Crippen molar-refractivity contribution in [3.05, 3.63) is 95.7 Å². The molecule has 2 aliphatic heterocycles. The molecular formula is C70H96N18O17S2. The van der Waals surface area contributed by atoms with Gasteiger partial charge in [0, 0.05) is 99.7 Å². The number of aliphatic carboxylic acids is 1. The molecule has 35 nitrogen and oxygen atoms in total. The van der Waals surface area contributed by atoms with E-state index < -0.39 is 182 Å². The van der Waals surface area contributed by atoms with E-state index in [0.717, 1.165) is 21.6 Å². The molecule has 7 rings (SSSR count). The zero-order valence-corrected chi connectivity index (χ0v) is 60.8. The molecule has 107 heavy (non-hydrogen) atoms. The third-order valence-electron chi connectivity index (χ3n) is 18.4. The molecule has 1 aliphatic carbocycles. The van der Waals surface area contributed by atoms with Crippen molar-refractivity contribution in [2.45, 2.75) is 170 Å². The fourth-order valence-electron chi connectivity index (χ4n) is 12.6. The summed E-state index contributed by atoms with van der Waals surface area (Å²) in [5.41, 5.74) is 24.7. The molecule has 3 heterocycles. The smallest absolute Gasteiger partial charge is 0.303 e. The van der Waals surface area contributed by atoms with E-state index in [-0.39, 0.29) is 93.7 Å². The van der Waals surface area contributed by atoms with Crippen LogP contribution in [0.25, 0.3) is 10.9 Å². The molecule has 0 bridgehead atoms. The first-order valence-electron chi connectivity index (χ1n) is 35.3. The minimum absolute atomic E-state index is 0.0140. The number of phenols is 1.